The molecule has 0 saturated carbocycles. The van der Waals surface area contributed by atoms with Gasteiger partial charge in [0, 0.05) is 32.3 Å². The molecule has 1 atom stereocenters. The predicted octanol–water partition coefficient (Wildman–Crippen LogP) is 1.18. The van der Waals surface area contributed by atoms with Gasteiger partial charge in [-0.25, -0.2) is 13.1 Å². The quantitative estimate of drug-likeness (QED) is 0.636. The number of carboxylic acids is 1. The summed E-state index contributed by atoms with van der Waals surface area (Å²) in [7, 11) is -2.19. The summed E-state index contributed by atoms with van der Waals surface area (Å²) in [6.07, 6.45) is 0.404. The van der Waals surface area contributed by atoms with Crippen molar-refractivity contribution in [2.45, 2.75) is 25.2 Å². The Morgan fingerprint density at radius 1 is 1.30 bits per heavy atom. The van der Waals surface area contributed by atoms with Crippen LogP contribution in [0, 0.1) is 11.3 Å². The summed E-state index contributed by atoms with van der Waals surface area (Å²) in [5.74, 6) is -1.29. The maximum atomic E-state index is 12.7. The van der Waals surface area contributed by atoms with E-state index < -0.39 is 21.4 Å². The summed E-state index contributed by atoms with van der Waals surface area (Å²) >= 11 is 0. The third kappa shape index (κ3) is 4.48. The van der Waals surface area contributed by atoms with Crippen LogP contribution in [0.5, 0.6) is 0 Å². The van der Waals surface area contributed by atoms with E-state index in [9.17, 15) is 23.1 Å². The van der Waals surface area contributed by atoms with Crippen LogP contribution < -0.4 is 4.72 Å². The van der Waals surface area contributed by atoms with Crippen molar-refractivity contribution in [1.82, 2.24) is 9.62 Å². The predicted molar refractivity (Wildman–Crippen MR) is 98.9 cm³/mol. The lowest BCUT2D eigenvalue weighted by atomic mass is 9.76. The van der Waals surface area contributed by atoms with E-state index >= 15 is 0 Å². The first kappa shape index (κ1) is 21.3. The van der Waals surface area contributed by atoms with Gasteiger partial charge in [-0.2, -0.15) is 0 Å². The van der Waals surface area contributed by atoms with Gasteiger partial charge in [0.05, 0.1) is 16.9 Å². The first-order chi connectivity index (χ1) is 12.6. The van der Waals surface area contributed by atoms with E-state index in [0.29, 0.717) is 18.5 Å². The van der Waals surface area contributed by atoms with Crippen LogP contribution in [0.4, 0.5) is 0 Å². The van der Waals surface area contributed by atoms with Crippen LogP contribution in [-0.4, -0.2) is 63.7 Å². The monoisotopic (exact) mass is 398 g/mol. The van der Waals surface area contributed by atoms with E-state index in [2.05, 4.69) is 4.72 Å². The number of carboxylic acid groups (broad SMARTS) is 1. The number of hydrogen-bond acceptors (Lipinski definition) is 5. The minimum Gasteiger partial charge on any atom is -0.481 e. The lowest BCUT2D eigenvalue weighted by Crippen LogP contribution is -2.40. The summed E-state index contributed by atoms with van der Waals surface area (Å²) in [5, 5.41) is 9.60. The van der Waals surface area contributed by atoms with E-state index in [1.165, 1.54) is 36.3 Å². The van der Waals surface area contributed by atoms with Gasteiger partial charge in [-0.3, -0.25) is 9.59 Å². The molecule has 1 aliphatic heterocycles. The van der Waals surface area contributed by atoms with Gasteiger partial charge in [-0.1, -0.05) is 13.8 Å². The van der Waals surface area contributed by atoms with Crippen LogP contribution >= 0.6 is 0 Å². The SMILES string of the molecule is COCCNS(=O)(=O)c1ccc(C(=O)N2CCC(C(=O)O)(C(C)C)C2)cc1. The van der Waals surface area contributed by atoms with E-state index in [0.717, 1.165) is 0 Å². The first-order valence-electron chi connectivity index (χ1n) is 8.75. The standard InChI is InChI=1S/C18H26N2O6S/c1-13(2)18(17(22)23)8-10-20(12-18)16(21)14-4-6-15(7-5-14)27(24,25)19-9-11-26-3/h4-7,13,19H,8-12H2,1-3H3,(H,22,23). The number of likely N-dealkylation sites (tertiary alicyclic amines) is 1. The summed E-state index contributed by atoms with van der Waals surface area (Å²) < 4.78 is 31.5. The van der Waals surface area contributed by atoms with Crippen molar-refractivity contribution in [3.63, 3.8) is 0 Å². The molecule has 1 saturated heterocycles. The van der Waals surface area contributed by atoms with E-state index in [1.54, 1.807) is 0 Å². The number of hydrogen-bond donors (Lipinski definition) is 2. The van der Waals surface area contributed by atoms with Gasteiger partial charge in [0.15, 0.2) is 0 Å². The molecular formula is C18H26N2O6S. The molecule has 1 aromatic carbocycles. The fourth-order valence-electron chi connectivity index (χ4n) is 3.22. The molecule has 1 unspecified atom stereocenters. The second-order valence-electron chi connectivity index (χ2n) is 7.01. The fraction of sp³-hybridized carbons (Fsp3) is 0.556. The average Bonchev–Trinajstić information content (AvgIpc) is 3.08. The number of nitrogens with one attached hydrogen (secondary N) is 1. The Kier molecular flexibility index (Phi) is 6.61. The molecule has 8 nitrogen and oxygen atoms in total. The van der Waals surface area contributed by atoms with Crippen LogP contribution in [0.25, 0.3) is 0 Å². The van der Waals surface area contributed by atoms with E-state index in [-0.39, 0.29) is 36.4 Å². The highest BCUT2D eigenvalue weighted by molar-refractivity contribution is 7.89. The molecule has 1 amide bonds. The van der Waals surface area contributed by atoms with Gasteiger partial charge < -0.3 is 14.7 Å². The second-order valence-corrected chi connectivity index (χ2v) is 8.77. The zero-order valence-corrected chi connectivity index (χ0v) is 16.6. The third-order valence-corrected chi connectivity index (χ3v) is 6.61. The number of carbonyl (C=O) groups is 2. The molecule has 0 aliphatic carbocycles. The molecule has 1 heterocycles. The highest BCUT2D eigenvalue weighted by Crippen LogP contribution is 2.38. The number of benzene rings is 1. The summed E-state index contributed by atoms with van der Waals surface area (Å²) in [6, 6.07) is 5.63. The molecule has 1 fully saturated rings. The maximum absolute atomic E-state index is 12.7. The number of amides is 1. The molecular weight excluding hydrogens is 372 g/mol. The number of rotatable bonds is 8. The van der Waals surface area contributed by atoms with E-state index in [1.807, 2.05) is 13.8 Å². The van der Waals surface area contributed by atoms with Gasteiger partial charge in [0.2, 0.25) is 10.0 Å². The average molecular weight is 398 g/mol. The van der Waals surface area contributed by atoms with Crippen LogP contribution in [0.2, 0.25) is 0 Å². The van der Waals surface area contributed by atoms with E-state index in [4.69, 9.17) is 4.74 Å². The molecule has 0 aromatic heterocycles. The van der Waals surface area contributed by atoms with Gasteiger partial charge in [0.25, 0.3) is 5.91 Å². The van der Waals surface area contributed by atoms with Gasteiger partial charge in [0.1, 0.15) is 0 Å². The van der Waals surface area contributed by atoms with Crippen molar-refractivity contribution < 1.29 is 27.9 Å². The number of ether oxygens (including phenoxy) is 1. The van der Waals surface area contributed by atoms with Crippen molar-refractivity contribution in [3.8, 4) is 0 Å². The minimum atomic E-state index is -3.67. The molecule has 0 spiro atoms. The Morgan fingerprint density at radius 2 is 1.93 bits per heavy atom. The largest absolute Gasteiger partial charge is 0.481 e. The van der Waals surface area contributed by atoms with Crippen molar-refractivity contribution in [1.29, 1.82) is 0 Å². The number of nitrogens with zero attached hydrogens (tertiary/aromatic N) is 1. The van der Waals surface area contributed by atoms with Crippen molar-refractivity contribution in [3.05, 3.63) is 29.8 Å². The van der Waals surface area contributed by atoms with Gasteiger partial charge in [-0.15, -0.1) is 0 Å². The Balaban J connectivity index is 2.11. The molecule has 2 N–H and O–H groups in total. The number of aliphatic carboxylic acids is 1. The maximum Gasteiger partial charge on any atom is 0.311 e. The summed E-state index contributed by atoms with van der Waals surface area (Å²) in [4.78, 5) is 26.0. The Labute approximate surface area is 159 Å². The Hall–Kier alpha value is -1.97. The lowest BCUT2D eigenvalue weighted by Gasteiger charge is -2.28. The molecule has 1 aliphatic rings. The van der Waals surface area contributed by atoms with Crippen LogP contribution in [0.15, 0.2) is 29.2 Å². The topological polar surface area (TPSA) is 113 Å². The molecule has 0 radical (unpaired) electrons. The molecule has 1 aromatic rings. The van der Waals surface area contributed by atoms with Gasteiger partial charge in [-0.05, 0) is 36.6 Å². The smallest absolute Gasteiger partial charge is 0.311 e. The number of methoxy groups -OCH3 is 1. The summed E-state index contributed by atoms with van der Waals surface area (Å²) in [5.41, 5.74) is -0.611. The fourth-order valence-corrected chi connectivity index (χ4v) is 4.23. The Bertz CT molecular complexity index is 791. The lowest BCUT2D eigenvalue weighted by molar-refractivity contribution is -0.150. The zero-order chi connectivity index (χ0) is 20.2. The minimum absolute atomic E-state index is 0.0543. The van der Waals surface area contributed by atoms with Crippen LogP contribution in [0.1, 0.15) is 30.6 Å². The molecule has 0 bridgehead atoms. The first-order valence-corrected chi connectivity index (χ1v) is 10.2. The highest BCUT2D eigenvalue weighted by atomic mass is 32.2. The zero-order valence-electron chi connectivity index (χ0n) is 15.8. The number of sulfonamides is 1. The van der Waals surface area contributed by atoms with Crippen LogP contribution in [-0.2, 0) is 19.6 Å². The molecule has 2 rings (SSSR count). The van der Waals surface area contributed by atoms with Crippen molar-refractivity contribution in [2.24, 2.45) is 11.3 Å². The van der Waals surface area contributed by atoms with Crippen molar-refractivity contribution >= 4 is 21.9 Å². The molecule has 27 heavy (non-hydrogen) atoms. The second kappa shape index (κ2) is 8.37. The Morgan fingerprint density at radius 3 is 2.41 bits per heavy atom. The number of carbonyl (C=O) groups excluding carboxylic acids is 1. The third-order valence-electron chi connectivity index (χ3n) is 5.13. The van der Waals surface area contributed by atoms with Gasteiger partial charge >= 0.3 is 5.97 Å². The molecule has 150 valence electrons. The van der Waals surface area contributed by atoms with Crippen LogP contribution in [0.3, 0.4) is 0 Å². The highest BCUT2D eigenvalue weighted by Gasteiger charge is 2.48. The van der Waals surface area contributed by atoms with Crippen molar-refractivity contribution in [2.75, 3.05) is 33.4 Å². The summed E-state index contributed by atoms with van der Waals surface area (Å²) in [6.45, 7) is 4.61. The normalized spacial score (nSPS) is 20.2. The molecule has 9 heteroatoms.